The highest BCUT2D eigenvalue weighted by atomic mass is 35.5. The number of benzene rings is 1. The van der Waals surface area contributed by atoms with E-state index in [2.05, 4.69) is 4.98 Å². The first-order valence-electron chi connectivity index (χ1n) is 4.39. The van der Waals surface area contributed by atoms with Crippen molar-refractivity contribution in [1.82, 2.24) is 9.55 Å². The maximum atomic E-state index is 8.98. The SMILES string of the molecule is N#Cc1cc(Cl)ccc1-n1ccnc1C#N. The van der Waals surface area contributed by atoms with Gasteiger partial charge in [0, 0.05) is 17.4 Å². The Balaban J connectivity index is 2.67. The van der Waals surface area contributed by atoms with Gasteiger partial charge in [-0.2, -0.15) is 10.5 Å². The lowest BCUT2D eigenvalue weighted by Crippen LogP contribution is -1.99. The van der Waals surface area contributed by atoms with Crippen LogP contribution in [0.5, 0.6) is 0 Å². The van der Waals surface area contributed by atoms with E-state index in [-0.39, 0.29) is 5.82 Å². The third-order valence-corrected chi connectivity index (χ3v) is 2.31. The van der Waals surface area contributed by atoms with Crippen LogP contribution >= 0.6 is 11.6 Å². The summed E-state index contributed by atoms with van der Waals surface area (Å²) >= 11 is 5.79. The molecular formula is C11H5ClN4. The molecule has 0 atom stereocenters. The molecule has 5 heteroatoms. The van der Waals surface area contributed by atoms with Crippen molar-refractivity contribution < 1.29 is 0 Å². The second-order valence-electron chi connectivity index (χ2n) is 3.01. The number of imidazole rings is 1. The molecule has 0 radical (unpaired) electrons. The number of aromatic nitrogens is 2. The highest BCUT2D eigenvalue weighted by Gasteiger charge is 2.08. The minimum atomic E-state index is 0.235. The lowest BCUT2D eigenvalue weighted by Gasteiger charge is -2.05. The van der Waals surface area contributed by atoms with Crippen molar-refractivity contribution in [3.8, 4) is 17.8 Å². The molecule has 0 amide bonds. The molecule has 0 bridgehead atoms. The molecule has 76 valence electrons. The number of hydrogen-bond acceptors (Lipinski definition) is 3. The van der Waals surface area contributed by atoms with Crippen molar-refractivity contribution >= 4 is 11.6 Å². The molecule has 0 saturated carbocycles. The van der Waals surface area contributed by atoms with Gasteiger partial charge in [-0.25, -0.2) is 4.98 Å². The molecule has 4 nitrogen and oxygen atoms in total. The fraction of sp³-hybridized carbons (Fsp3) is 0. The highest BCUT2D eigenvalue weighted by Crippen LogP contribution is 2.19. The summed E-state index contributed by atoms with van der Waals surface area (Å²) in [6.07, 6.45) is 3.14. The Morgan fingerprint density at radius 3 is 2.75 bits per heavy atom. The first-order chi connectivity index (χ1) is 7.76. The Morgan fingerprint density at radius 1 is 1.25 bits per heavy atom. The molecule has 0 unspecified atom stereocenters. The van der Waals surface area contributed by atoms with Crippen molar-refractivity contribution in [2.45, 2.75) is 0 Å². The van der Waals surface area contributed by atoms with Gasteiger partial charge in [0.1, 0.15) is 12.1 Å². The minimum Gasteiger partial charge on any atom is -0.290 e. The molecule has 0 aliphatic heterocycles. The third-order valence-electron chi connectivity index (χ3n) is 2.08. The Hall–Kier alpha value is -2.30. The van der Waals surface area contributed by atoms with E-state index in [0.29, 0.717) is 16.3 Å². The largest absolute Gasteiger partial charge is 0.290 e. The molecule has 0 N–H and O–H groups in total. The van der Waals surface area contributed by atoms with E-state index in [1.54, 1.807) is 29.0 Å². The van der Waals surface area contributed by atoms with Crippen LogP contribution in [0.2, 0.25) is 5.02 Å². The van der Waals surface area contributed by atoms with Crippen LogP contribution in [-0.4, -0.2) is 9.55 Å². The second-order valence-corrected chi connectivity index (χ2v) is 3.44. The van der Waals surface area contributed by atoms with E-state index in [1.165, 1.54) is 6.20 Å². The molecule has 0 spiro atoms. The average molecular weight is 229 g/mol. The smallest absolute Gasteiger partial charge is 0.217 e. The zero-order valence-corrected chi connectivity index (χ0v) is 8.81. The molecule has 0 fully saturated rings. The Bertz CT molecular complexity index is 616. The number of hydrogen-bond donors (Lipinski definition) is 0. The van der Waals surface area contributed by atoms with Crippen LogP contribution in [0.1, 0.15) is 11.4 Å². The Kier molecular flexibility index (Phi) is 2.59. The van der Waals surface area contributed by atoms with Gasteiger partial charge in [-0.05, 0) is 18.2 Å². The Labute approximate surface area is 96.9 Å². The summed E-state index contributed by atoms with van der Waals surface area (Å²) in [5.41, 5.74) is 1.00. The molecule has 1 aromatic heterocycles. The first-order valence-corrected chi connectivity index (χ1v) is 4.77. The predicted octanol–water partition coefficient (Wildman–Crippen LogP) is 2.27. The van der Waals surface area contributed by atoms with Crippen LogP contribution in [0, 0.1) is 22.7 Å². The predicted molar refractivity (Wildman–Crippen MR) is 58.0 cm³/mol. The summed E-state index contributed by atoms with van der Waals surface area (Å²) in [6, 6.07) is 8.89. The number of halogens is 1. The monoisotopic (exact) mass is 228 g/mol. The van der Waals surface area contributed by atoms with Gasteiger partial charge in [-0.3, -0.25) is 4.57 Å². The minimum absolute atomic E-state index is 0.235. The molecule has 16 heavy (non-hydrogen) atoms. The van der Waals surface area contributed by atoms with Crippen LogP contribution in [-0.2, 0) is 0 Å². The number of rotatable bonds is 1. The molecule has 1 aromatic carbocycles. The fourth-order valence-electron chi connectivity index (χ4n) is 1.39. The van der Waals surface area contributed by atoms with Crippen molar-refractivity contribution in [2.75, 3.05) is 0 Å². The Morgan fingerprint density at radius 2 is 2.06 bits per heavy atom. The summed E-state index contributed by atoms with van der Waals surface area (Å²) < 4.78 is 1.55. The molecular weight excluding hydrogens is 224 g/mol. The van der Waals surface area contributed by atoms with Crippen molar-refractivity contribution in [3.63, 3.8) is 0 Å². The van der Waals surface area contributed by atoms with Gasteiger partial charge in [0.15, 0.2) is 0 Å². The zero-order chi connectivity index (χ0) is 11.5. The number of nitrogens with zero attached hydrogens (tertiary/aromatic N) is 4. The van der Waals surface area contributed by atoms with Crippen molar-refractivity contribution in [1.29, 1.82) is 10.5 Å². The lowest BCUT2D eigenvalue weighted by atomic mass is 10.2. The maximum Gasteiger partial charge on any atom is 0.217 e. The third kappa shape index (κ3) is 1.63. The van der Waals surface area contributed by atoms with Crippen LogP contribution < -0.4 is 0 Å². The molecule has 2 aromatic rings. The van der Waals surface area contributed by atoms with Gasteiger partial charge < -0.3 is 0 Å². The molecule has 0 saturated heterocycles. The topological polar surface area (TPSA) is 65.4 Å². The van der Waals surface area contributed by atoms with E-state index in [9.17, 15) is 0 Å². The standard InChI is InChI=1S/C11H5ClN4/c12-9-1-2-10(8(5-9)6-13)16-4-3-15-11(16)7-14/h1-5H. The average Bonchev–Trinajstić information content (AvgIpc) is 2.76. The van der Waals surface area contributed by atoms with Gasteiger partial charge >= 0.3 is 0 Å². The van der Waals surface area contributed by atoms with E-state index in [4.69, 9.17) is 22.1 Å². The summed E-state index contributed by atoms with van der Waals surface area (Å²) in [5.74, 6) is 0.235. The van der Waals surface area contributed by atoms with E-state index >= 15 is 0 Å². The maximum absolute atomic E-state index is 8.98. The summed E-state index contributed by atoms with van der Waals surface area (Å²) in [7, 11) is 0. The quantitative estimate of drug-likeness (QED) is 0.752. The van der Waals surface area contributed by atoms with E-state index < -0.39 is 0 Å². The van der Waals surface area contributed by atoms with Crippen LogP contribution in [0.25, 0.3) is 5.69 Å². The summed E-state index contributed by atoms with van der Waals surface area (Å²) in [4.78, 5) is 3.87. The van der Waals surface area contributed by atoms with E-state index in [1.807, 2.05) is 12.1 Å². The van der Waals surface area contributed by atoms with Crippen LogP contribution in [0.3, 0.4) is 0 Å². The van der Waals surface area contributed by atoms with Crippen molar-refractivity contribution in [2.24, 2.45) is 0 Å². The fourth-order valence-corrected chi connectivity index (χ4v) is 1.56. The molecule has 2 rings (SSSR count). The molecule has 1 heterocycles. The number of nitriles is 2. The zero-order valence-electron chi connectivity index (χ0n) is 8.05. The molecule has 0 aliphatic rings. The van der Waals surface area contributed by atoms with Gasteiger partial charge in [-0.15, -0.1) is 0 Å². The van der Waals surface area contributed by atoms with Gasteiger partial charge in [0.25, 0.3) is 0 Å². The van der Waals surface area contributed by atoms with Crippen molar-refractivity contribution in [3.05, 3.63) is 47.0 Å². The highest BCUT2D eigenvalue weighted by molar-refractivity contribution is 6.30. The summed E-state index contributed by atoms with van der Waals surface area (Å²) in [6.45, 7) is 0. The van der Waals surface area contributed by atoms with Crippen LogP contribution in [0.15, 0.2) is 30.6 Å². The molecule has 0 aliphatic carbocycles. The second kappa shape index (κ2) is 4.06. The normalized spacial score (nSPS) is 9.44. The van der Waals surface area contributed by atoms with E-state index in [0.717, 1.165) is 0 Å². The van der Waals surface area contributed by atoms with Gasteiger partial charge in [0.2, 0.25) is 5.82 Å². The van der Waals surface area contributed by atoms with Gasteiger partial charge in [0.05, 0.1) is 11.3 Å². The first kappa shape index (κ1) is 10.2. The van der Waals surface area contributed by atoms with Crippen LogP contribution in [0.4, 0.5) is 0 Å². The van der Waals surface area contributed by atoms with Gasteiger partial charge in [-0.1, -0.05) is 11.6 Å². The lowest BCUT2D eigenvalue weighted by molar-refractivity contribution is 1.02. The summed E-state index contributed by atoms with van der Waals surface area (Å²) in [5, 5.41) is 18.3.